The number of carbonyl (C=O) groups is 1. The molecule has 0 aromatic rings. The Morgan fingerprint density at radius 2 is 2.55 bits per heavy atom. The zero-order valence-electron chi connectivity index (χ0n) is 6.32. The quantitative estimate of drug-likeness (QED) is 0.662. The number of nitrogens with two attached hydrogens (primary N) is 1. The highest BCUT2D eigenvalue weighted by atomic mass is 32.2. The van der Waals surface area contributed by atoms with Gasteiger partial charge in [-0.1, -0.05) is 0 Å². The van der Waals surface area contributed by atoms with Crippen molar-refractivity contribution in [3.63, 3.8) is 0 Å². The molecule has 0 aliphatic carbocycles. The molecule has 1 fully saturated rings. The van der Waals surface area contributed by atoms with Gasteiger partial charge in [0.05, 0.1) is 0 Å². The Hall–Kier alpha value is -0.220. The fourth-order valence-corrected chi connectivity index (χ4v) is 2.56. The third-order valence-electron chi connectivity index (χ3n) is 1.86. The summed E-state index contributed by atoms with van der Waals surface area (Å²) in [6.07, 6.45) is 2.97. The Morgan fingerprint density at radius 3 is 3.00 bits per heavy atom. The van der Waals surface area contributed by atoms with E-state index >= 15 is 0 Å². The first kappa shape index (κ1) is 8.87. The van der Waals surface area contributed by atoms with Crippen LogP contribution in [0.3, 0.4) is 0 Å². The highest BCUT2D eigenvalue weighted by Gasteiger charge is 2.21. The minimum Gasteiger partial charge on any atom is -0.480 e. The van der Waals surface area contributed by atoms with Crippen molar-refractivity contribution in [2.45, 2.75) is 30.6 Å². The molecule has 0 amide bonds. The standard InChI is InChI=1S/C7H13NO2S/c8-6(7(9)10)4-5-2-1-3-11-5/h5-6H,1-4,8H2,(H,9,10)/t5-,6?/m0/s1. The lowest BCUT2D eigenvalue weighted by atomic mass is 10.1. The zero-order chi connectivity index (χ0) is 8.27. The van der Waals surface area contributed by atoms with E-state index in [1.807, 2.05) is 11.8 Å². The van der Waals surface area contributed by atoms with Gasteiger partial charge in [-0.2, -0.15) is 11.8 Å². The molecule has 0 radical (unpaired) electrons. The van der Waals surface area contributed by atoms with Gasteiger partial charge in [-0.05, 0) is 25.0 Å². The normalized spacial score (nSPS) is 26.8. The number of hydrogen-bond acceptors (Lipinski definition) is 3. The fourth-order valence-electron chi connectivity index (χ4n) is 1.21. The first-order valence-electron chi connectivity index (χ1n) is 3.80. The first-order chi connectivity index (χ1) is 5.20. The van der Waals surface area contributed by atoms with Crippen molar-refractivity contribution >= 4 is 17.7 Å². The van der Waals surface area contributed by atoms with Crippen LogP contribution < -0.4 is 5.73 Å². The number of rotatable bonds is 3. The summed E-state index contributed by atoms with van der Waals surface area (Å²) in [5.74, 6) is 0.286. The molecule has 2 atom stereocenters. The van der Waals surface area contributed by atoms with Gasteiger partial charge in [-0.15, -0.1) is 0 Å². The number of hydrogen-bond donors (Lipinski definition) is 2. The molecule has 3 nitrogen and oxygen atoms in total. The maximum absolute atomic E-state index is 10.4. The van der Waals surface area contributed by atoms with Crippen LogP contribution in [0, 0.1) is 0 Å². The van der Waals surface area contributed by atoms with Crippen molar-refractivity contribution in [1.82, 2.24) is 0 Å². The summed E-state index contributed by atoms with van der Waals surface area (Å²) in [6, 6.07) is -0.661. The van der Waals surface area contributed by atoms with E-state index < -0.39 is 12.0 Å². The van der Waals surface area contributed by atoms with Crippen LogP contribution in [0.5, 0.6) is 0 Å². The second-order valence-electron chi connectivity index (χ2n) is 2.82. The van der Waals surface area contributed by atoms with Crippen molar-refractivity contribution in [3.8, 4) is 0 Å². The van der Waals surface area contributed by atoms with Crippen LogP contribution in [0.1, 0.15) is 19.3 Å². The first-order valence-corrected chi connectivity index (χ1v) is 4.85. The average Bonchev–Trinajstić information content (AvgIpc) is 2.39. The summed E-state index contributed by atoms with van der Waals surface area (Å²) < 4.78 is 0. The van der Waals surface area contributed by atoms with Gasteiger partial charge >= 0.3 is 5.97 Å². The molecule has 11 heavy (non-hydrogen) atoms. The van der Waals surface area contributed by atoms with E-state index in [0.717, 1.165) is 12.2 Å². The summed E-state index contributed by atoms with van der Waals surface area (Å²) in [5, 5.41) is 9.00. The SMILES string of the molecule is NC(C[C@@H]1CCCS1)C(=O)O. The van der Waals surface area contributed by atoms with Gasteiger partial charge in [0.15, 0.2) is 0 Å². The van der Waals surface area contributed by atoms with E-state index in [9.17, 15) is 4.79 Å². The largest absolute Gasteiger partial charge is 0.480 e. The number of aliphatic carboxylic acids is 1. The van der Waals surface area contributed by atoms with E-state index in [0.29, 0.717) is 11.7 Å². The zero-order valence-corrected chi connectivity index (χ0v) is 7.14. The second kappa shape index (κ2) is 3.97. The van der Waals surface area contributed by atoms with Crippen LogP contribution in [0.15, 0.2) is 0 Å². The molecule has 1 rings (SSSR count). The van der Waals surface area contributed by atoms with Crippen LogP contribution in [-0.4, -0.2) is 28.1 Å². The summed E-state index contributed by atoms with van der Waals surface area (Å²) in [7, 11) is 0. The van der Waals surface area contributed by atoms with Crippen molar-refractivity contribution in [3.05, 3.63) is 0 Å². The molecule has 3 N–H and O–H groups in total. The van der Waals surface area contributed by atoms with Crippen LogP contribution in [0.25, 0.3) is 0 Å². The molecule has 0 saturated carbocycles. The van der Waals surface area contributed by atoms with Crippen molar-refractivity contribution in [2.24, 2.45) is 5.73 Å². The maximum Gasteiger partial charge on any atom is 0.320 e. The smallest absolute Gasteiger partial charge is 0.320 e. The molecule has 0 aromatic carbocycles. The topological polar surface area (TPSA) is 63.3 Å². The van der Waals surface area contributed by atoms with Crippen LogP contribution >= 0.6 is 11.8 Å². The van der Waals surface area contributed by atoms with Crippen molar-refractivity contribution in [1.29, 1.82) is 0 Å². The minimum absolute atomic E-state index is 0.487. The molecule has 1 aliphatic rings. The van der Waals surface area contributed by atoms with E-state index in [-0.39, 0.29) is 0 Å². The second-order valence-corrected chi connectivity index (χ2v) is 4.22. The van der Waals surface area contributed by atoms with E-state index in [1.165, 1.54) is 6.42 Å². The van der Waals surface area contributed by atoms with Gasteiger partial charge in [0.25, 0.3) is 0 Å². The van der Waals surface area contributed by atoms with Crippen LogP contribution in [-0.2, 0) is 4.79 Å². The molecule has 1 saturated heterocycles. The molecule has 0 aromatic heterocycles. The number of carboxylic acids is 1. The highest BCUT2D eigenvalue weighted by Crippen LogP contribution is 2.29. The lowest BCUT2D eigenvalue weighted by Gasteiger charge is -2.10. The Kier molecular flexibility index (Phi) is 3.20. The summed E-state index contributed by atoms with van der Waals surface area (Å²) in [4.78, 5) is 10.4. The molecule has 0 bridgehead atoms. The third kappa shape index (κ3) is 2.71. The number of thioether (sulfide) groups is 1. The Labute approximate surface area is 70.3 Å². The molecule has 0 spiro atoms. The predicted octanol–water partition coefficient (Wildman–Crippen LogP) is 0.684. The van der Waals surface area contributed by atoms with Crippen LogP contribution in [0.2, 0.25) is 0 Å². The van der Waals surface area contributed by atoms with E-state index in [4.69, 9.17) is 10.8 Å². The summed E-state index contributed by atoms with van der Waals surface area (Å²) in [6.45, 7) is 0. The van der Waals surface area contributed by atoms with Gasteiger partial charge in [0.2, 0.25) is 0 Å². The van der Waals surface area contributed by atoms with Gasteiger partial charge in [-0.25, -0.2) is 0 Å². The van der Waals surface area contributed by atoms with Crippen LogP contribution in [0.4, 0.5) is 0 Å². The Bertz CT molecular complexity index is 145. The summed E-state index contributed by atoms with van der Waals surface area (Å²) >= 11 is 1.84. The predicted molar refractivity (Wildman–Crippen MR) is 45.7 cm³/mol. The van der Waals surface area contributed by atoms with Gasteiger partial charge < -0.3 is 10.8 Å². The van der Waals surface area contributed by atoms with Gasteiger partial charge in [-0.3, -0.25) is 4.79 Å². The molecule has 4 heteroatoms. The minimum atomic E-state index is -0.877. The maximum atomic E-state index is 10.4. The van der Waals surface area contributed by atoms with Gasteiger partial charge in [0, 0.05) is 5.25 Å². The molecule has 1 heterocycles. The fraction of sp³-hybridized carbons (Fsp3) is 0.857. The number of carboxylic acid groups (broad SMARTS) is 1. The lowest BCUT2D eigenvalue weighted by Crippen LogP contribution is -2.32. The van der Waals surface area contributed by atoms with Crippen molar-refractivity contribution < 1.29 is 9.90 Å². The lowest BCUT2D eigenvalue weighted by molar-refractivity contribution is -0.138. The summed E-state index contributed by atoms with van der Waals surface area (Å²) in [5.41, 5.74) is 5.38. The average molecular weight is 175 g/mol. The Morgan fingerprint density at radius 1 is 1.82 bits per heavy atom. The van der Waals surface area contributed by atoms with E-state index in [2.05, 4.69) is 0 Å². The highest BCUT2D eigenvalue weighted by molar-refractivity contribution is 8.00. The monoisotopic (exact) mass is 175 g/mol. The molecule has 1 aliphatic heterocycles. The molecular formula is C7H13NO2S. The third-order valence-corrected chi connectivity index (χ3v) is 3.28. The van der Waals surface area contributed by atoms with Gasteiger partial charge in [0.1, 0.15) is 6.04 Å². The van der Waals surface area contributed by atoms with E-state index in [1.54, 1.807) is 0 Å². The molecule has 1 unspecified atom stereocenters. The molecule has 64 valence electrons. The Balaban J connectivity index is 2.23. The van der Waals surface area contributed by atoms with Crippen molar-refractivity contribution in [2.75, 3.05) is 5.75 Å². The molecular weight excluding hydrogens is 162 g/mol.